The minimum Gasteiger partial charge on any atom is -0.495 e. The molecule has 0 saturated carbocycles. The van der Waals surface area contributed by atoms with E-state index in [9.17, 15) is 4.79 Å². The van der Waals surface area contributed by atoms with Crippen molar-refractivity contribution in [1.82, 2.24) is 0 Å². The first kappa shape index (κ1) is 17.6. The molecule has 0 bridgehead atoms. The van der Waals surface area contributed by atoms with Crippen LogP contribution in [-0.4, -0.2) is 19.6 Å². The first-order valence-corrected chi connectivity index (χ1v) is 8.30. The van der Waals surface area contributed by atoms with Crippen molar-refractivity contribution in [3.63, 3.8) is 0 Å². The van der Waals surface area contributed by atoms with E-state index in [0.29, 0.717) is 29.4 Å². The minimum absolute atomic E-state index is 0.105. The molecule has 2 aromatic carbocycles. The molecule has 0 saturated heterocycles. The molecule has 4 nitrogen and oxygen atoms in total. The molecule has 0 heterocycles. The summed E-state index contributed by atoms with van der Waals surface area (Å²) < 4.78 is 6.27. The van der Waals surface area contributed by atoms with Gasteiger partial charge in [0.2, 0.25) is 5.91 Å². The fraction of sp³-hybridized carbons (Fsp3) is 0.235. The fourth-order valence-electron chi connectivity index (χ4n) is 2.07. The lowest BCUT2D eigenvalue weighted by Crippen LogP contribution is -2.16. The maximum absolute atomic E-state index is 12.0. The molecule has 1 amide bonds. The molecular weight excluding hydrogens is 380 g/mol. The standard InChI is InChI=1S/C17H18BrClN2O2/c1-11-9-13(4-5-14(11)18)20-8-7-17(22)21-15-10-12(19)3-6-16(15)23-2/h3-6,9-10,20H,7-8H2,1-2H3,(H,21,22). The monoisotopic (exact) mass is 396 g/mol. The number of nitrogens with one attached hydrogen (secondary N) is 2. The number of carbonyl (C=O) groups is 1. The summed E-state index contributed by atoms with van der Waals surface area (Å²) in [5.74, 6) is 0.478. The number of hydrogen-bond donors (Lipinski definition) is 2. The van der Waals surface area contributed by atoms with Crippen LogP contribution in [0.2, 0.25) is 5.02 Å². The number of aryl methyl sites for hydroxylation is 1. The van der Waals surface area contributed by atoms with Crippen LogP contribution < -0.4 is 15.4 Å². The van der Waals surface area contributed by atoms with Gasteiger partial charge in [0.1, 0.15) is 5.75 Å². The van der Waals surface area contributed by atoms with Crippen LogP contribution in [0.3, 0.4) is 0 Å². The van der Waals surface area contributed by atoms with Crippen LogP contribution in [0.15, 0.2) is 40.9 Å². The van der Waals surface area contributed by atoms with Crippen molar-refractivity contribution in [3.8, 4) is 5.75 Å². The Kier molecular flexibility index (Phi) is 6.30. The second-order valence-corrected chi connectivity index (χ2v) is 6.32. The number of anilines is 2. The van der Waals surface area contributed by atoms with Crippen LogP contribution in [-0.2, 0) is 4.79 Å². The zero-order valence-corrected chi connectivity index (χ0v) is 15.3. The van der Waals surface area contributed by atoms with E-state index in [1.54, 1.807) is 25.3 Å². The van der Waals surface area contributed by atoms with Gasteiger partial charge < -0.3 is 15.4 Å². The summed E-state index contributed by atoms with van der Waals surface area (Å²) in [5.41, 5.74) is 2.70. The molecule has 0 radical (unpaired) electrons. The van der Waals surface area contributed by atoms with Gasteiger partial charge in [0, 0.05) is 28.1 Å². The number of hydrogen-bond acceptors (Lipinski definition) is 3. The Bertz CT molecular complexity index is 707. The number of methoxy groups -OCH3 is 1. The van der Waals surface area contributed by atoms with Gasteiger partial charge in [0.05, 0.1) is 12.8 Å². The summed E-state index contributed by atoms with van der Waals surface area (Å²) in [6, 6.07) is 11.1. The third kappa shape index (κ3) is 5.15. The van der Waals surface area contributed by atoms with Crippen molar-refractivity contribution in [2.45, 2.75) is 13.3 Å². The van der Waals surface area contributed by atoms with E-state index >= 15 is 0 Å². The van der Waals surface area contributed by atoms with Gasteiger partial charge in [-0.05, 0) is 48.9 Å². The Balaban J connectivity index is 1.88. The van der Waals surface area contributed by atoms with Gasteiger partial charge in [0.25, 0.3) is 0 Å². The predicted molar refractivity (Wildman–Crippen MR) is 98.6 cm³/mol. The molecule has 23 heavy (non-hydrogen) atoms. The molecule has 0 aromatic heterocycles. The van der Waals surface area contributed by atoms with Gasteiger partial charge in [0.15, 0.2) is 0 Å². The molecule has 2 rings (SSSR count). The molecule has 0 aliphatic rings. The maximum Gasteiger partial charge on any atom is 0.226 e. The molecule has 0 aliphatic heterocycles. The van der Waals surface area contributed by atoms with E-state index in [1.807, 2.05) is 25.1 Å². The van der Waals surface area contributed by atoms with Crippen molar-refractivity contribution >= 4 is 44.8 Å². The molecule has 0 fully saturated rings. The van der Waals surface area contributed by atoms with Crippen molar-refractivity contribution in [3.05, 3.63) is 51.5 Å². The van der Waals surface area contributed by atoms with Crippen molar-refractivity contribution in [2.24, 2.45) is 0 Å². The summed E-state index contributed by atoms with van der Waals surface area (Å²) in [6.45, 7) is 2.56. The largest absolute Gasteiger partial charge is 0.495 e. The molecule has 2 aromatic rings. The van der Waals surface area contributed by atoms with Gasteiger partial charge in [-0.15, -0.1) is 0 Å². The summed E-state index contributed by atoms with van der Waals surface area (Å²) in [4.78, 5) is 12.0. The van der Waals surface area contributed by atoms with Crippen LogP contribution in [0.25, 0.3) is 0 Å². The number of amides is 1. The Hall–Kier alpha value is -1.72. The zero-order valence-electron chi connectivity index (χ0n) is 13.0. The Labute approximate surface area is 149 Å². The van der Waals surface area contributed by atoms with Gasteiger partial charge in [-0.25, -0.2) is 0 Å². The fourth-order valence-corrected chi connectivity index (χ4v) is 2.48. The average Bonchev–Trinajstić information content (AvgIpc) is 2.51. The van der Waals surface area contributed by atoms with Crippen LogP contribution in [0, 0.1) is 6.92 Å². The summed E-state index contributed by atoms with van der Waals surface area (Å²) in [5, 5.41) is 6.59. The lowest BCUT2D eigenvalue weighted by atomic mass is 10.2. The van der Waals surface area contributed by atoms with Crippen LogP contribution in [0.1, 0.15) is 12.0 Å². The smallest absolute Gasteiger partial charge is 0.226 e. The highest BCUT2D eigenvalue weighted by Gasteiger charge is 2.08. The number of halogens is 2. The highest BCUT2D eigenvalue weighted by Crippen LogP contribution is 2.27. The highest BCUT2D eigenvalue weighted by atomic mass is 79.9. The average molecular weight is 398 g/mol. The van der Waals surface area contributed by atoms with Crippen molar-refractivity contribution in [1.29, 1.82) is 0 Å². The highest BCUT2D eigenvalue weighted by molar-refractivity contribution is 9.10. The molecule has 0 unspecified atom stereocenters. The molecule has 0 spiro atoms. The molecule has 122 valence electrons. The molecule has 0 aliphatic carbocycles. The molecule has 0 atom stereocenters. The molecular formula is C17H18BrClN2O2. The topological polar surface area (TPSA) is 50.4 Å². The summed E-state index contributed by atoms with van der Waals surface area (Å²) >= 11 is 9.41. The van der Waals surface area contributed by atoms with Crippen molar-refractivity contribution < 1.29 is 9.53 Å². The second-order valence-electron chi connectivity index (χ2n) is 5.03. The molecule has 2 N–H and O–H groups in total. The van der Waals surface area contributed by atoms with E-state index in [4.69, 9.17) is 16.3 Å². The number of rotatable bonds is 6. The quantitative estimate of drug-likeness (QED) is 0.732. The minimum atomic E-state index is -0.105. The van der Waals surface area contributed by atoms with Gasteiger partial charge >= 0.3 is 0 Å². The summed E-state index contributed by atoms with van der Waals surface area (Å²) in [6.07, 6.45) is 0.338. The van der Waals surface area contributed by atoms with Crippen LogP contribution in [0.4, 0.5) is 11.4 Å². The third-order valence-electron chi connectivity index (χ3n) is 3.27. The van der Waals surface area contributed by atoms with Crippen LogP contribution in [0.5, 0.6) is 5.75 Å². The maximum atomic E-state index is 12.0. The van der Waals surface area contributed by atoms with E-state index < -0.39 is 0 Å². The van der Waals surface area contributed by atoms with E-state index in [1.165, 1.54) is 0 Å². The van der Waals surface area contributed by atoms with Crippen molar-refractivity contribution in [2.75, 3.05) is 24.3 Å². The Morgan fingerprint density at radius 2 is 2.04 bits per heavy atom. The zero-order chi connectivity index (χ0) is 16.8. The van der Waals surface area contributed by atoms with E-state index in [-0.39, 0.29) is 5.91 Å². The van der Waals surface area contributed by atoms with Gasteiger partial charge in [-0.2, -0.15) is 0 Å². The number of carbonyl (C=O) groups excluding carboxylic acids is 1. The lowest BCUT2D eigenvalue weighted by molar-refractivity contribution is -0.115. The van der Waals surface area contributed by atoms with Gasteiger partial charge in [-0.3, -0.25) is 4.79 Å². The number of benzene rings is 2. The normalized spacial score (nSPS) is 10.3. The third-order valence-corrected chi connectivity index (χ3v) is 4.40. The lowest BCUT2D eigenvalue weighted by Gasteiger charge is -2.11. The van der Waals surface area contributed by atoms with E-state index in [2.05, 4.69) is 26.6 Å². The first-order chi connectivity index (χ1) is 11.0. The van der Waals surface area contributed by atoms with Crippen LogP contribution >= 0.6 is 27.5 Å². The number of ether oxygens (including phenoxy) is 1. The predicted octanol–water partition coefficient (Wildman–Crippen LogP) is 4.86. The first-order valence-electron chi connectivity index (χ1n) is 7.13. The Morgan fingerprint density at radius 3 is 2.74 bits per heavy atom. The SMILES string of the molecule is COc1ccc(Cl)cc1NC(=O)CCNc1ccc(Br)c(C)c1. The summed E-state index contributed by atoms with van der Waals surface area (Å²) in [7, 11) is 1.55. The molecule has 6 heteroatoms. The Morgan fingerprint density at radius 1 is 1.26 bits per heavy atom. The van der Waals surface area contributed by atoms with Gasteiger partial charge in [-0.1, -0.05) is 27.5 Å². The van der Waals surface area contributed by atoms with E-state index in [0.717, 1.165) is 15.7 Å². The second kappa shape index (κ2) is 8.22.